The van der Waals surface area contributed by atoms with Crippen LogP contribution in [0.3, 0.4) is 0 Å². The van der Waals surface area contributed by atoms with Crippen LogP contribution in [-0.2, 0) is 4.74 Å². The molecule has 1 aromatic heterocycles. The highest BCUT2D eigenvalue weighted by molar-refractivity contribution is 5.79. The van der Waals surface area contributed by atoms with Crippen molar-refractivity contribution in [2.24, 2.45) is 0 Å². The van der Waals surface area contributed by atoms with Crippen molar-refractivity contribution < 1.29 is 23.8 Å². The molecule has 1 unspecified atom stereocenters. The van der Waals surface area contributed by atoms with Gasteiger partial charge in [-0.15, -0.1) is 0 Å². The van der Waals surface area contributed by atoms with E-state index in [2.05, 4.69) is 20.2 Å². The molecule has 8 nitrogen and oxygen atoms in total. The molecule has 0 aliphatic carbocycles. The summed E-state index contributed by atoms with van der Waals surface area (Å²) >= 11 is 0. The molecule has 0 spiro atoms. The summed E-state index contributed by atoms with van der Waals surface area (Å²) < 4.78 is 25.2. The first-order valence-electron chi connectivity index (χ1n) is 10.5. The summed E-state index contributed by atoms with van der Waals surface area (Å²) in [5.41, 5.74) is 0.768. The Labute approximate surface area is 181 Å². The van der Waals surface area contributed by atoms with Gasteiger partial charge in [-0.25, -0.2) is 19.2 Å². The van der Waals surface area contributed by atoms with Crippen molar-refractivity contribution in [1.29, 1.82) is 0 Å². The van der Waals surface area contributed by atoms with E-state index in [4.69, 9.17) is 9.47 Å². The number of aromatic nitrogens is 2. The monoisotopic (exact) mass is 434 g/mol. The number of amides is 1. The van der Waals surface area contributed by atoms with Gasteiger partial charge in [0.2, 0.25) is 5.88 Å². The summed E-state index contributed by atoms with van der Waals surface area (Å²) in [5, 5.41) is 13.0. The van der Waals surface area contributed by atoms with Crippen LogP contribution in [0, 0.1) is 5.82 Å². The molecule has 1 aliphatic rings. The number of carbonyl (C=O) groups excluding carboxylic acids is 1. The molecular weight excluding hydrogens is 403 g/mol. The van der Waals surface area contributed by atoms with Crippen LogP contribution in [0.25, 0.3) is 11.0 Å². The standard InChI is InChI=1S/C22H31FN4O4/c1-22(2,3)31-21(29)25-15-7-9-27(10-8-15)12-14(13-28)19-16(23)5-6-17-20(19)26-18(30-4)11-24-17/h5-6,11,14-15,28H,7-10,12-13H2,1-4H3,(H,25,29). The maximum atomic E-state index is 14.8. The van der Waals surface area contributed by atoms with E-state index in [0.717, 1.165) is 25.9 Å². The Morgan fingerprint density at radius 1 is 1.35 bits per heavy atom. The largest absolute Gasteiger partial charge is 0.480 e. The Bertz CT molecular complexity index is 910. The van der Waals surface area contributed by atoms with Gasteiger partial charge >= 0.3 is 6.09 Å². The van der Waals surface area contributed by atoms with Gasteiger partial charge in [0.25, 0.3) is 0 Å². The van der Waals surface area contributed by atoms with Crippen molar-refractivity contribution in [1.82, 2.24) is 20.2 Å². The minimum atomic E-state index is -0.534. The van der Waals surface area contributed by atoms with E-state index in [1.54, 1.807) is 6.07 Å². The number of alkyl carbamates (subject to hydrolysis) is 1. The number of ether oxygens (including phenoxy) is 2. The first-order valence-corrected chi connectivity index (χ1v) is 10.5. The number of aliphatic hydroxyl groups excluding tert-OH is 1. The molecule has 31 heavy (non-hydrogen) atoms. The quantitative estimate of drug-likeness (QED) is 0.722. The van der Waals surface area contributed by atoms with Gasteiger partial charge in [-0.3, -0.25) is 0 Å². The van der Waals surface area contributed by atoms with E-state index >= 15 is 0 Å². The number of fused-ring (bicyclic) bond motifs is 1. The first kappa shape index (κ1) is 23.1. The Morgan fingerprint density at radius 3 is 2.68 bits per heavy atom. The van der Waals surface area contributed by atoms with E-state index in [0.29, 0.717) is 29.0 Å². The molecule has 1 atom stereocenters. The van der Waals surface area contributed by atoms with Crippen LogP contribution in [0.5, 0.6) is 5.88 Å². The number of piperidine rings is 1. The molecule has 1 aromatic carbocycles. The van der Waals surface area contributed by atoms with Gasteiger partial charge in [0.15, 0.2) is 0 Å². The predicted molar refractivity (Wildman–Crippen MR) is 115 cm³/mol. The van der Waals surface area contributed by atoms with E-state index < -0.39 is 23.4 Å². The number of aliphatic hydroxyl groups is 1. The summed E-state index contributed by atoms with van der Waals surface area (Å²) in [7, 11) is 1.48. The van der Waals surface area contributed by atoms with Crippen LogP contribution in [0.2, 0.25) is 0 Å². The average Bonchev–Trinajstić information content (AvgIpc) is 2.71. The molecule has 0 saturated carbocycles. The lowest BCUT2D eigenvalue weighted by atomic mass is 9.95. The van der Waals surface area contributed by atoms with Crippen LogP contribution < -0.4 is 10.1 Å². The summed E-state index contributed by atoms with van der Waals surface area (Å²) in [6.45, 7) is 7.19. The van der Waals surface area contributed by atoms with Crippen molar-refractivity contribution >= 4 is 17.1 Å². The molecule has 0 radical (unpaired) electrons. The number of rotatable bonds is 6. The lowest BCUT2D eigenvalue weighted by molar-refractivity contribution is 0.0476. The van der Waals surface area contributed by atoms with Crippen LogP contribution >= 0.6 is 0 Å². The number of nitrogens with one attached hydrogen (secondary N) is 1. The Balaban J connectivity index is 1.66. The van der Waals surface area contributed by atoms with E-state index in [1.807, 2.05) is 20.8 Å². The third-order valence-corrected chi connectivity index (χ3v) is 5.30. The van der Waals surface area contributed by atoms with Crippen molar-refractivity contribution in [2.75, 3.05) is 33.4 Å². The fraction of sp³-hybridized carbons (Fsp3) is 0.591. The lowest BCUT2D eigenvalue weighted by Crippen LogP contribution is -2.47. The van der Waals surface area contributed by atoms with E-state index in [9.17, 15) is 14.3 Å². The van der Waals surface area contributed by atoms with Crippen LogP contribution in [-0.4, -0.2) is 71.1 Å². The van der Waals surface area contributed by atoms with Crippen molar-refractivity contribution in [3.63, 3.8) is 0 Å². The zero-order valence-electron chi connectivity index (χ0n) is 18.5. The molecular formula is C22H31FN4O4. The van der Waals surface area contributed by atoms with E-state index in [1.165, 1.54) is 19.4 Å². The van der Waals surface area contributed by atoms with Gasteiger partial charge < -0.3 is 24.8 Å². The first-order chi connectivity index (χ1) is 14.7. The topological polar surface area (TPSA) is 96.8 Å². The molecule has 1 aliphatic heterocycles. The fourth-order valence-electron chi connectivity index (χ4n) is 3.83. The Hall–Kier alpha value is -2.52. The van der Waals surface area contributed by atoms with Gasteiger partial charge in [-0.1, -0.05) is 0 Å². The Morgan fingerprint density at radius 2 is 2.06 bits per heavy atom. The van der Waals surface area contributed by atoms with Crippen molar-refractivity contribution in [2.45, 2.75) is 51.2 Å². The third-order valence-electron chi connectivity index (χ3n) is 5.30. The fourth-order valence-corrected chi connectivity index (χ4v) is 3.83. The van der Waals surface area contributed by atoms with Crippen LogP contribution in [0.4, 0.5) is 9.18 Å². The van der Waals surface area contributed by atoms with Gasteiger partial charge in [0, 0.05) is 37.2 Å². The zero-order valence-corrected chi connectivity index (χ0v) is 18.5. The van der Waals surface area contributed by atoms with Gasteiger partial charge in [-0.05, 0) is 45.7 Å². The maximum absolute atomic E-state index is 14.8. The van der Waals surface area contributed by atoms with E-state index in [-0.39, 0.29) is 12.6 Å². The number of carbonyl (C=O) groups is 1. The predicted octanol–water partition coefficient (Wildman–Crippen LogP) is 2.84. The highest BCUT2D eigenvalue weighted by atomic mass is 19.1. The van der Waals surface area contributed by atoms with Gasteiger partial charge in [0.1, 0.15) is 11.4 Å². The molecule has 0 bridgehead atoms. The average molecular weight is 435 g/mol. The summed E-state index contributed by atoms with van der Waals surface area (Å²) in [4.78, 5) is 22.8. The molecule has 2 aromatic rings. The second-order valence-corrected chi connectivity index (χ2v) is 8.84. The summed E-state index contributed by atoms with van der Waals surface area (Å²) in [5.74, 6) is -0.582. The second kappa shape index (κ2) is 9.74. The SMILES string of the molecule is COc1cnc2ccc(F)c(C(CO)CN3CCC(NC(=O)OC(C)(C)C)CC3)c2n1. The molecule has 1 saturated heterocycles. The smallest absolute Gasteiger partial charge is 0.407 e. The summed E-state index contributed by atoms with van der Waals surface area (Å²) in [6.07, 6.45) is 2.58. The molecule has 170 valence electrons. The van der Waals surface area contributed by atoms with Crippen molar-refractivity contribution in [3.05, 3.63) is 29.7 Å². The zero-order chi connectivity index (χ0) is 22.6. The number of benzene rings is 1. The second-order valence-electron chi connectivity index (χ2n) is 8.84. The summed E-state index contributed by atoms with van der Waals surface area (Å²) in [6, 6.07) is 2.96. The highest BCUT2D eigenvalue weighted by Gasteiger charge is 2.27. The molecule has 1 fully saturated rings. The molecule has 3 rings (SSSR count). The normalized spacial score (nSPS) is 16.8. The lowest BCUT2D eigenvalue weighted by Gasteiger charge is -2.34. The van der Waals surface area contributed by atoms with Gasteiger partial charge in [-0.2, -0.15) is 0 Å². The number of nitrogens with zero attached hydrogens (tertiary/aromatic N) is 3. The highest BCUT2D eigenvalue weighted by Crippen LogP contribution is 2.29. The van der Waals surface area contributed by atoms with Crippen LogP contribution in [0.1, 0.15) is 45.1 Å². The minimum Gasteiger partial charge on any atom is -0.480 e. The maximum Gasteiger partial charge on any atom is 0.407 e. The van der Waals surface area contributed by atoms with Gasteiger partial charge in [0.05, 0.1) is 30.9 Å². The number of likely N-dealkylation sites (tertiary alicyclic amines) is 1. The molecule has 2 N–H and O–H groups in total. The van der Waals surface area contributed by atoms with Crippen LogP contribution in [0.15, 0.2) is 18.3 Å². The molecule has 9 heteroatoms. The molecule has 1 amide bonds. The number of hydrogen-bond donors (Lipinski definition) is 2. The number of methoxy groups -OCH3 is 1. The Kier molecular flexibility index (Phi) is 7.27. The number of halogens is 1. The molecule has 2 heterocycles. The number of hydrogen-bond acceptors (Lipinski definition) is 7. The third kappa shape index (κ3) is 6.01. The minimum absolute atomic E-state index is 0.0306. The van der Waals surface area contributed by atoms with Crippen molar-refractivity contribution in [3.8, 4) is 5.88 Å².